The Bertz CT molecular complexity index is 4270. The lowest BCUT2D eigenvalue weighted by Crippen LogP contribution is -2.53. The summed E-state index contributed by atoms with van der Waals surface area (Å²) in [4.78, 5) is 118. The smallest absolute Gasteiger partial charge is 0.279 e. The topological polar surface area (TPSA) is 650 Å². The van der Waals surface area contributed by atoms with Crippen molar-refractivity contribution in [1.82, 2.24) is 85.1 Å². The number of aliphatic hydroxyl groups is 8. The zero-order valence-corrected chi connectivity index (χ0v) is 62.0. The number of aromatic nitrogens is 11. The number of hydrogen-bond acceptors (Lipinski definition) is 34. The molecule has 0 radical (unpaired) electrons. The number of aromatic amines is 1. The second-order valence-corrected chi connectivity index (χ2v) is 26.9. The summed E-state index contributed by atoms with van der Waals surface area (Å²) in [5, 5.41) is 99.6. The number of anilines is 2. The number of ketones is 1. The monoisotopic (exact) mass is 1560 g/mol. The average Bonchev–Trinajstić information content (AvgIpc) is 1.64. The molecule has 0 aliphatic carbocycles. The van der Waals surface area contributed by atoms with E-state index in [0.29, 0.717) is 60.0 Å². The van der Waals surface area contributed by atoms with E-state index in [4.69, 9.17) is 51.4 Å². The molecule has 0 aromatic carbocycles. The molecule has 20 atom stereocenters. The van der Waals surface area contributed by atoms with Crippen LogP contribution in [0.25, 0.3) is 22.3 Å². The predicted octanol–water partition coefficient (Wildman–Crippen LogP) is -5.22. The summed E-state index contributed by atoms with van der Waals surface area (Å²) in [6.45, 7) is 11.5. The van der Waals surface area contributed by atoms with Gasteiger partial charge in [0.2, 0.25) is 23.6 Å². The van der Waals surface area contributed by atoms with Gasteiger partial charge in [-0.05, 0) is 38.7 Å². The molecule has 610 valence electrons. The number of H-pyrrole nitrogens is 1. The number of aliphatic imine (C=N–C) groups is 1. The lowest BCUT2D eigenvalue weighted by Gasteiger charge is -2.27. The van der Waals surface area contributed by atoms with Crippen molar-refractivity contribution in [2.24, 2.45) is 22.2 Å². The Morgan fingerprint density at radius 3 is 1.53 bits per heavy atom. The van der Waals surface area contributed by atoms with Crippen molar-refractivity contribution in [2.75, 3.05) is 58.1 Å². The lowest BCUT2D eigenvalue weighted by atomic mass is 10.1. The average molecular weight is 1560 g/mol. The number of Topliss-reactive ketones (excluding diaryl/α,β-unsaturated/α-hetero) is 1. The first kappa shape index (κ1) is 85.7. The number of nitrogen functional groups attached to an aromatic ring is 1. The van der Waals surface area contributed by atoms with Crippen LogP contribution in [0.1, 0.15) is 137 Å². The number of aliphatic hydroxyl groups excluding tert-OH is 8. The Labute approximate surface area is 634 Å². The molecule has 6 aliphatic rings. The van der Waals surface area contributed by atoms with Crippen molar-refractivity contribution < 1.29 is 98.0 Å². The number of carbonyl (C=O) groups excluding carboxylic acids is 6. The quantitative estimate of drug-likeness (QED) is 0.0154. The SMILES string of the molecule is C=C1NC(=O)c2ncn([C@@H]3O[C@H](CO)[C@H](O)C3NC(=O)C(N)CCC)c2N1.CCCC(N)C(=O)NC1[C@@H](O)[C@@H](CO)O[C@H]1n1cnc2c(=O)[nH]c(C)nc21.CCCC(N)C(=O)NC1[C@@H](O)[C@@H](CO)O[C@H]1n1cnc2c1N=CCC2=O.CCCC(NCOCOC)C(=O)NC1[C@@H](O)[C@@H](CO)O[C@H]1n1cnc2c(N)ccnc21. The van der Waals surface area contributed by atoms with Crippen molar-refractivity contribution >= 4 is 81.2 Å². The van der Waals surface area contributed by atoms with Gasteiger partial charge in [-0.1, -0.05) is 60.0 Å². The van der Waals surface area contributed by atoms with Crippen LogP contribution in [0, 0.1) is 6.92 Å². The maximum absolute atomic E-state index is 13.0. The van der Waals surface area contributed by atoms with Gasteiger partial charge in [-0.25, -0.2) is 34.9 Å². The largest absolute Gasteiger partial charge is 0.397 e. The fourth-order valence-electron chi connectivity index (χ4n) is 13.2. The fourth-order valence-corrected chi connectivity index (χ4v) is 13.2. The number of carbonyl (C=O) groups is 6. The normalized spacial score (nSPS) is 26.9. The van der Waals surface area contributed by atoms with Crippen molar-refractivity contribution in [3.8, 4) is 0 Å². The number of rotatable bonds is 29. The van der Waals surface area contributed by atoms with Gasteiger partial charge in [0.05, 0.1) is 88.3 Å². The summed E-state index contributed by atoms with van der Waals surface area (Å²) in [5.74, 6) is -0.948. The van der Waals surface area contributed by atoms with E-state index in [0.717, 1.165) is 25.7 Å². The van der Waals surface area contributed by atoms with Crippen LogP contribution in [0.15, 0.2) is 59.8 Å². The maximum atomic E-state index is 13.0. The Kier molecular flexibility index (Phi) is 30.3. The highest BCUT2D eigenvalue weighted by atomic mass is 16.7. The third-order valence-corrected chi connectivity index (χ3v) is 19.0. The minimum absolute atomic E-state index is 0.104. The maximum Gasteiger partial charge on any atom is 0.279 e. The molecule has 4 fully saturated rings. The molecule has 6 aromatic rings. The van der Waals surface area contributed by atoms with Crippen molar-refractivity contribution in [2.45, 2.75) is 214 Å². The van der Waals surface area contributed by atoms with Gasteiger partial charge in [-0.15, -0.1) is 0 Å². The Morgan fingerprint density at radius 2 is 1.05 bits per heavy atom. The number of imidazole rings is 4. The van der Waals surface area contributed by atoms with Crippen LogP contribution in [0.2, 0.25) is 0 Å². The minimum Gasteiger partial charge on any atom is -0.397 e. The van der Waals surface area contributed by atoms with Crippen molar-refractivity contribution in [3.63, 3.8) is 0 Å². The molecule has 6 aromatic heterocycles. The van der Waals surface area contributed by atoms with Crippen molar-refractivity contribution in [3.05, 3.63) is 77.5 Å². The second-order valence-electron chi connectivity index (χ2n) is 26.9. The zero-order chi connectivity index (χ0) is 80.7. The van der Waals surface area contributed by atoms with Crippen LogP contribution >= 0.6 is 0 Å². The van der Waals surface area contributed by atoms with Crippen LogP contribution < -0.4 is 65.7 Å². The molecule has 44 heteroatoms. The Hall–Kier alpha value is -9.30. The molecule has 6 aliphatic heterocycles. The van der Waals surface area contributed by atoms with E-state index >= 15 is 0 Å². The van der Waals surface area contributed by atoms with E-state index in [-0.39, 0.29) is 60.0 Å². The standard InChI is InChI=1S/C19H30N6O6.2C16H24N6O5.C16H23N5O5/c1-3-4-12(23-9-30-10-29-2)18(28)24-15-16(27)13(7-26)31-19(15)25-8-22-14-11(20)5-6-21-17(14)25;2*1-3-4-8(17)14(25)21-10-12(24)9(5-23)27-16(10)22-6-18-11-13(22)19-7(2)20-15(11)26;1-2-3-8(17)15(25)20-12-13(24)10(6-22)26-16(12)21-7-19-11-9(23)4-5-18-14(11)21/h5-6,8,12-13,15-16,19,23,26-27H,3-4,7,9-10H2,1-2H3,(H2,20,21)(H,24,28);6,8-10,12,16,23-24H,3-5,17H2,1-2H3,(H,21,25)(H,19,20,26);6,8-10,12,16,19,23-24H,2-5,17H2,1H3,(H,20,26)(H,21,25);5,7-8,10,12-13,16,22,24H,2-4,6,17H2,1H3,(H,20,25)/t12?,13-,15?,16+,19-;2*8?,9-,10?,12+,16-;8?,10-,12?,13+,16-/m1111/s1. The lowest BCUT2D eigenvalue weighted by molar-refractivity contribution is -0.127. The third-order valence-electron chi connectivity index (χ3n) is 19.0. The van der Waals surface area contributed by atoms with E-state index in [1.807, 2.05) is 27.7 Å². The molecule has 8 unspecified atom stereocenters. The van der Waals surface area contributed by atoms with E-state index < -0.39 is 178 Å². The molecule has 44 nitrogen and oxygen atoms in total. The van der Waals surface area contributed by atoms with Crippen LogP contribution in [0.3, 0.4) is 0 Å². The Balaban J connectivity index is 0.000000170. The number of nitrogens with one attached hydrogen (secondary N) is 8. The number of methoxy groups -OCH3 is 1. The molecule has 111 heavy (non-hydrogen) atoms. The number of aryl methyl sites for hydroxylation is 1. The number of nitrogens with zero attached hydrogens (tertiary/aromatic N) is 11. The van der Waals surface area contributed by atoms with Crippen LogP contribution in [0.5, 0.6) is 0 Å². The first-order valence-corrected chi connectivity index (χ1v) is 36.3. The van der Waals surface area contributed by atoms with E-state index in [1.165, 1.54) is 52.3 Å². The van der Waals surface area contributed by atoms with Gasteiger partial charge in [-0.2, -0.15) is 0 Å². The number of nitrogens with two attached hydrogens (primary N) is 4. The fraction of sp³-hybridized carbons (Fsp3) is 0.612. The van der Waals surface area contributed by atoms with Crippen LogP contribution in [-0.2, 0) is 47.6 Å². The second kappa shape index (κ2) is 39.2. The molecule has 4 saturated heterocycles. The summed E-state index contributed by atoms with van der Waals surface area (Å²) in [6, 6.07) is -4.57. The predicted molar refractivity (Wildman–Crippen MR) is 391 cm³/mol. The third kappa shape index (κ3) is 19.4. The molecule has 12 heterocycles. The summed E-state index contributed by atoms with van der Waals surface area (Å²) in [6.07, 6.45) is 2.05. The molecule has 12 rings (SSSR count). The molecular formula is C67H101N23O21. The summed E-state index contributed by atoms with van der Waals surface area (Å²) in [5.41, 5.74) is 25.2. The van der Waals surface area contributed by atoms with E-state index in [1.54, 1.807) is 23.8 Å². The van der Waals surface area contributed by atoms with Gasteiger partial charge in [0.15, 0.2) is 64.7 Å². The van der Waals surface area contributed by atoms with Crippen LogP contribution in [0.4, 0.5) is 17.3 Å². The molecular weight excluding hydrogens is 1460 g/mol. The highest BCUT2D eigenvalue weighted by Gasteiger charge is 2.51. The van der Waals surface area contributed by atoms with Crippen LogP contribution in [-0.4, -0.2) is 280 Å². The molecule has 24 N–H and O–H groups in total. The van der Waals surface area contributed by atoms with Crippen molar-refractivity contribution in [1.29, 1.82) is 0 Å². The van der Waals surface area contributed by atoms with Gasteiger partial charge < -0.3 is 129 Å². The molecule has 0 spiro atoms. The van der Waals surface area contributed by atoms with Gasteiger partial charge in [0.1, 0.15) is 103 Å². The number of fused-ring (bicyclic) bond motifs is 4. The number of hydrogen-bond donors (Lipinski definition) is 20. The summed E-state index contributed by atoms with van der Waals surface area (Å²) < 4.78 is 39.1. The number of amides is 5. The van der Waals surface area contributed by atoms with Gasteiger partial charge >= 0.3 is 0 Å². The first-order valence-electron chi connectivity index (χ1n) is 36.3. The molecule has 5 amide bonds. The highest BCUT2D eigenvalue weighted by Crippen LogP contribution is 2.38. The van der Waals surface area contributed by atoms with Gasteiger partial charge in [0.25, 0.3) is 11.5 Å². The Morgan fingerprint density at radius 1 is 0.604 bits per heavy atom. The minimum atomic E-state index is -1.17. The number of pyridine rings is 1. The highest BCUT2D eigenvalue weighted by molar-refractivity contribution is 6.08. The zero-order valence-electron chi connectivity index (χ0n) is 62.0. The molecule has 0 bridgehead atoms. The van der Waals surface area contributed by atoms with E-state index in [2.05, 4.69) is 83.7 Å². The van der Waals surface area contributed by atoms with Gasteiger partial charge in [-0.3, -0.25) is 57.1 Å². The molecule has 0 saturated carbocycles. The number of ether oxygens (including phenoxy) is 6. The summed E-state index contributed by atoms with van der Waals surface area (Å²) in [7, 11) is 1.51. The van der Waals surface area contributed by atoms with Gasteiger partial charge in [0, 0.05) is 25.9 Å². The van der Waals surface area contributed by atoms with E-state index in [9.17, 15) is 74.4 Å². The summed E-state index contributed by atoms with van der Waals surface area (Å²) >= 11 is 0. The first-order chi connectivity index (χ1) is 53.2.